The summed E-state index contributed by atoms with van der Waals surface area (Å²) in [6.07, 6.45) is 1.28. The third-order valence-corrected chi connectivity index (χ3v) is 4.13. The zero-order valence-electron chi connectivity index (χ0n) is 7.01. The highest BCUT2D eigenvalue weighted by atomic mass is 79.9. The minimum Gasteiger partial charge on any atom is -0.314 e. The van der Waals surface area contributed by atoms with E-state index in [0.717, 1.165) is 12.5 Å². The van der Waals surface area contributed by atoms with Crippen LogP contribution in [0.1, 0.15) is 24.1 Å². The lowest BCUT2D eigenvalue weighted by Gasteiger charge is -2.03. The Morgan fingerprint density at radius 1 is 1.58 bits per heavy atom. The number of hydrogen-bond donors (Lipinski definition) is 1. The standard InChI is InChI=1S/C9H12BrNS/c1-6-4-7(5-11-6)8-2-3-9(10)12-8/h2-3,6-7,11H,4-5H2,1H3. The highest BCUT2D eigenvalue weighted by Gasteiger charge is 2.22. The van der Waals surface area contributed by atoms with Crippen molar-refractivity contribution in [2.45, 2.75) is 25.3 Å². The summed E-state index contributed by atoms with van der Waals surface area (Å²) >= 11 is 5.36. The van der Waals surface area contributed by atoms with Gasteiger partial charge in [-0.25, -0.2) is 0 Å². The maximum Gasteiger partial charge on any atom is 0.0701 e. The molecule has 1 aliphatic heterocycles. The van der Waals surface area contributed by atoms with Crippen molar-refractivity contribution < 1.29 is 0 Å². The van der Waals surface area contributed by atoms with E-state index in [-0.39, 0.29) is 0 Å². The molecule has 1 nitrogen and oxygen atoms in total. The van der Waals surface area contributed by atoms with Crippen LogP contribution in [0.5, 0.6) is 0 Å². The van der Waals surface area contributed by atoms with E-state index in [4.69, 9.17) is 0 Å². The average Bonchev–Trinajstić information content (AvgIpc) is 2.58. The van der Waals surface area contributed by atoms with Crippen LogP contribution in [-0.2, 0) is 0 Å². The molecule has 2 atom stereocenters. The van der Waals surface area contributed by atoms with Gasteiger partial charge in [0.2, 0.25) is 0 Å². The van der Waals surface area contributed by atoms with Crippen molar-refractivity contribution in [3.63, 3.8) is 0 Å². The summed E-state index contributed by atoms with van der Waals surface area (Å²) in [6.45, 7) is 3.40. The van der Waals surface area contributed by atoms with E-state index >= 15 is 0 Å². The molecular formula is C9H12BrNS. The molecule has 3 heteroatoms. The third-order valence-electron chi connectivity index (χ3n) is 2.35. The molecule has 2 heterocycles. The molecule has 0 spiro atoms. The quantitative estimate of drug-likeness (QED) is 0.803. The van der Waals surface area contributed by atoms with Gasteiger partial charge in [0.25, 0.3) is 0 Å². The van der Waals surface area contributed by atoms with Gasteiger partial charge >= 0.3 is 0 Å². The Bertz CT molecular complexity index is 271. The minimum absolute atomic E-state index is 0.691. The molecule has 0 saturated carbocycles. The van der Waals surface area contributed by atoms with Crippen LogP contribution >= 0.6 is 27.3 Å². The van der Waals surface area contributed by atoms with Crippen LogP contribution in [0.3, 0.4) is 0 Å². The summed E-state index contributed by atoms with van der Waals surface area (Å²) in [4.78, 5) is 1.51. The summed E-state index contributed by atoms with van der Waals surface area (Å²) in [6, 6.07) is 5.07. The van der Waals surface area contributed by atoms with Crippen LogP contribution in [0.4, 0.5) is 0 Å². The largest absolute Gasteiger partial charge is 0.314 e. The van der Waals surface area contributed by atoms with Gasteiger partial charge in [0.1, 0.15) is 0 Å². The Balaban J connectivity index is 2.11. The predicted molar refractivity (Wildman–Crippen MR) is 56.8 cm³/mol. The molecule has 1 aromatic heterocycles. The highest BCUT2D eigenvalue weighted by Crippen LogP contribution is 2.33. The number of hydrogen-bond acceptors (Lipinski definition) is 2. The van der Waals surface area contributed by atoms with E-state index < -0.39 is 0 Å². The maximum atomic E-state index is 3.49. The molecule has 0 bridgehead atoms. The van der Waals surface area contributed by atoms with Crippen molar-refractivity contribution >= 4 is 27.3 Å². The molecule has 0 aromatic carbocycles. The Hall–Kier alpha value is 0.140. The molecule has 1 aliphatic rings. The average molecular weight is 246 g/mol. The van der Waals surface area contributed by atoms with Gasteiger partial charge < -0.3 is 5.32 Å². The van der Waals surface area contributed by atoms with Gasteiger partial charge in [0.15, 0.2) is 0 Å². The second kappa shape index (κ2) is 3.48. The molecular weight excluding hydrogens is 234 g/mol. The van der Waals surface area contributed by atoms with Crippen LogP contribution < -0.4 is 5.32 Å². The van der Waals surface area contributed by atoms with Gasteiger partial charge in [-0.3, -0.25) is 0 Å². The lowest BCUT2D eigenvalue weighted by atomic mass is 10.1. The Morgan fingerprint density at radius 2 is 2.42 bits per heavy atom. The fourth-order valence-corrected chi connectivity index (χ4v) is 3.24. The predicted octanol–water partition coefficient (Wildman–Crippen LogP) is 2.98. The van der Waals surface area contributed by atoms with Crippen LogP contribution in [0.15, 0.2) is 15.9 Å². The van der Waals surface area contributed by atoms with Crippen molar-refractivity contribution in [2.75, 3.05) is 6.54 Å². The van der Waals surface area contributed by atoms with E-state index in [1.54, 1.807) is 0 Å². The van der Waals surface area contributed by atoms with Crippen LogP contribution in [0.25, 0.3) is 0 Å². The molecule has 12 heavy (non-hydrogen) atoms. The SMILES string of the molecule is CC1CC(c2ccc(Br)s2)CN1. The first-order valence-corrected chi connectivity index (χ1v) is 5.85. The van der Waals surface area contributed by atoms with E-state index in [2.05, 4.69) is 40.3 Å². The fraction of sp³-hybridized carbons (Fsp3) is 0.556. The van der Waals surface area contributed by atoms with E-state index in [0.29, 0.717) is 6.04 Å². The zero-order valence-corrected chi connectivity index (χ0v) is 9.41. The number of nitrogens with one attached hydrogen (secondary N) is 1. The molecule has 0 amide bonds. The first-order valence-electron chi connectivity index (χ1n) is 4.24. The van der Waals surface area contributed by atoms with Gasteiger partial charge in [-0.15, -0.1) is 11.3 Å². The molecule has 1 aromatic rings. The Kier molecular flexibility index (Phi) is 2.53. The summed E-state index contributed by atoms with van der Waals surface area (Å²) < 4.78 is 1.25. The van der Waals surface area contributed by atoms with Gasteiger partial charge in [0, 0.05) is 23.4 Å². The summed E-state index contributed by atoms with van der Waals surface area (Å²) in [5, 5.41) is 3.47. The van der Waals surface area contributed by atoms with Crippen LogP contribution in [0.2, 0.25) is 0 Å². The molecule has 1 saturated heterocycles. The second-order valence-electron chi connectivity index (χ2n) is 3.38. The molecule has 1 fully saturated rings. The smallest absolute Gasteiger partial charge is 0.0701 e. The number of thiophene rings is 1. The molecule has 2 unspecified atom stereocenters. The summed E-state index contributed by atoms with van der Waals surface area (Å²) in [5.41, 5.74) is 0. The van der Waals surface area contributed by atoms with E-state index in [9.17, 15) is 0 Å². The van der Waals surface area contributed by atoms with Crippen molar-refractivity contribution in [3.8, 4) is 0 Å². The molecule has 66 valence electrons. The third kappa shape index (κ3) is 1.73. The molecule has 0 radical (unpaired) electrons. The van der Waals surface area contributed by atoms with Crippen LogP contribution in [0, 0.1) is 0 Å². The van der Waals surface area contributed by atoms with E-state index in [1.165, 1.54) is 15.1 Å². The fourth-order valence-electron chi connectivity index (χ4n) is 1.70. The van der Waals surface area contributed by atoms with Crippen molar-refractivity contribution in [1.82, 2.24) is 5.32 Å². The topological polar surface area (TPSA) is 12.0 Å². The van der Waals surface area contributed by atoms with Crippen LogP contribution in [-0.4, -0.2) is 12.6 Å². The van der Waals surface area contributed by atoms with Crippen molar-refractivity contribution in [1.29, 1.82) is 0 Å². The second-order valence-corrected chi connectivity index (χ2v) is 5.88. The Labute approximate surface area is 85.3 Å². The highest BCUT2D eigenvalue weighted by molar-refractivity contribution is 9.11. The molecule has 0 aliphatic carbocycles. The monoisotopic (exact) mass is 245 g/mol. The maximum absolute atomic E-state index is 3.49. The first kappa shape index (κ1) is 8.73. The van der Waals surface area contributed by atoms with Gasteiger partial charge in [-0.05, 0) is 41.4 Å². The normalized spacial score (nSPS) is 29.5. The lowest BCUT2D eigenvalue weighted by Crippen LogP contribution is -2.16. The van der Waals surface area contributed by atoms with Crippen molar-refractivity contribution in [2.24, 2.45) is 0 Å². The van der Waals surface area contributed by atoms with Gasteiger partial charge in [-0.1, -0.05) is 0 Å². The van der Waals surface area contributed by atoms with E-state index in [1.807, 2.05) is 11.3 Å². The number of halogens is 1. The molecule has 1 N–H and O–H groups in total. The Morgan fingerprint density at radius 3 is 2.92 bits per heavy atom. The molecule has 2 rings (SSSR count). The summed E-state index contributed by atoms with van der Waals surface area (Å²) in [5.74, 6) is 0.747. The van der Waals surface area contributed by atoms with Crippen molar-refractivity contribution in [3.05, 3.63) is 20.8 Å². The minimum atomic E-state index is 0.691. The summed E-state index contributed by atoms with van der Waals surface area (Å²) in [7, 11) is 0. The zero-order chi connectivity index (χ0) is 8.55. The van der Waals surface area contributed by atoms with Gasteiger partial charge in [-0.2, -0.15) is 0 Å². The van der Waals surface area contributed by atoms with Gasteiger partial charge in [0.05, 0.1) is 3.79 Å². The first-order chi connectivity index (χ1) is 5.75. The lowest BCUT2D eigenvalue weighted by molar-refractivity contribution is 0.659. The number of rotatable bonds is 1.